The normalized spacial score (nSPS) is 27.0. The Balaban J connectivity index is 1.49. The minimum absolute atomic E-state index is 0.0202. The van der Waals surface area contributed by atoms with Crippen LogP contribution in [0.2, 0.25) is 0 Å². The summed E-state index contributed by atoms with van der Waals surface area (Å²) in [7, 11) is 0. The van der Waals surface area contributed by atoms with Gasteiger partial charge in [0.25, 0.3) is 0 Å². The van der Waals surface area contributed by atoms with Gasteiger partial charge in [-0.05, 0) is 29.5 Å². The van der Waals surface area contributed by atoms with Crippen molar-refractivity contribution in [1.29, 1.82) is 0 Å². The standard InChI is InChI=1S/C24H25N3O2/c1-15-11-18-13-22(28)26-21(12-17-14-25-20-10-6-5-9-19(17)20)24(29)27(18)23(15)16-7-3-2-4-8-16/h2-10,14-15,18,21,23,25H,11-13H2,1H3,(H,26,28)/t15-,18?,21-,23+/m0/s1. The highest BCUT2D eigenvalue weighted by molar-refractivity contribution is 5.92. The minimum Gasteiger partial charge on any atom is -0.361 e. The van der Waals surface area contributed by atoms with Gasteiger partial charge in [0.05, 0.1) is 6.04 Å². The summed E-state index contributed by atoms with van der Waals surface area (Å²) < 4.78 is 0. The lowest BCUT2D eigenvalue weighted by Gasteiger charge is -2.32. The van der Waals surface area contributed by atoms with Crippen molar-refractivity contribution >= 4 is 22.7 Å². The molecule has 148 valence electrons. The maximum atomic E-state index is 13.7. The van der Waals surface area contributed by atoms with Crippen molar-refractivity contribution in [2.24, 2.45) is 5.92 Å². The van der Waals surface area contributed by atoms with Gasteiger partial charge in [-0.2, -0.15) is 0 Å². The molecule has 0 aliphatic carbocycles. The molecule has 1 aromatic heterocycles. The molecule has 1 unspecified atom stereocenters. The molecule has 3 aromatic rings. The van der Waals surface area contributed by atoms with Gasteiger partial charge in [0.1, 0.15) is 6.04 Å². The number of benzene rings is 2. The SMILES string of the molecule is C[C@H]1CC2CC(=O)N[C@@H](Cc3c[nH]c4ccccc34)C(=O)N2[C@H]1c1ccccc1. The fraction of sp³-hybridized carbons (Fsp3) is 0.333. The number of aromatic nitrogens is 1. The molecule has 2 N–H and O–H groups in total. The number of H-pyrrole nitrogens is 1. The molecule has 3 heterocycles. The third kappa shape index (κ3) is 3.11. The predicted molar refractivity (Wildman–Crippen MR) is 112 cm³/mol. The van der Waals surface area contributed by atoms with Crippen LogP contribution in [0.5, 0.6) is 0 Å². The second-order valence-corrected chi connectivity index (χ2v) is 8.36. The molecule has 4 atom stereocenters. The van der Waals surface area contributed by atoms with Crippen molar-refractivity contribution in [3.05, 3.63) is 71.9 Å². The van der Waals surface area contributed by atoms with Gasteiger partial charge in [-0.3, -0.25) is 9.59 Å². The Bertz CT molecular complexity index is 1060. The Morgan fingerprint density at radius 1 is 1.03 bits per heavy atom. The second kappa shape index (κ2) is 7.07. The van der Waals surface area contributed by atoms with Crippen LogP contribution in [0.1, 0.15) is 36.9 Å². The van der Waals surface area contributed by atoms with Crippen molar-refractivity contribution in [3.63, 3.8) is 0 Å². The van der Waals surface area contributed by atoms with Gasteiger partial charge in [-0.1, -0.05) is 55.5 Å². The molecule has 29 heavy (non-hydrogen) atoms. The highest BCUT2D eigenvalue weighted by atomic mass is 16.2. The van der Waals surface area contributed by atoms with Crippen LogP contribution in [0.15, 0.2) is 60.8 Å². The van der Waals surface area contributed by atoms with Gasteiger partial charge in [0.2, 0.25) is 11.8 Å². The number of amides is 2. The van der Waals surface area contributed by atoms with Crippen molar-refractivity contribution in [3.8, 4) is 0 Å². The number of rotatable bonds is 3. The molecule has 5 nitrogen and oxygen atoms in total. The predicted octanol–water partition coefficient (Wildman–Crippen LogP) is 3.58. The summed E-state index contributed by atoms with van der Waals surface area (Å²) in [5, 5.41) is 4.10. The van der Waals surface area contributed by atoms with Crippen LogP contribution in [0.25, 0.3) is 10.9 Å². The summed E-state index contributed by atoms with van der Waals surface area (Å²) in [6, 6.07) is 17.7. The summed E-state index contributed by atoms with van der Waals surface area (Å²) in [4.78, 5) is 31.6. The first-order valence-corrected chi connectivity index (χ1v) is 10.3. The van der Waals surface area contributed by atoms with Crippen molar-refractivity contribution in [2.45, 2.75) is 44.3 Å². The van der Waals surface area contributed by atoms with Crippen LogP contribution < -0.4 is 5.32 Å². The van der Waals surface area contributed by atoms with E-state index in [1.54, 1.807) is 0 Å². The Labute approximate surface area is 170 Å². The van der Waals surface area contributed by atoms with E-state index < -0.39 is 6.04 Å². The van der Waals surface area contributed by atoms with Gasteiger partial charge in [0.15, 0.2) is 0 Å². The number of carbonyl (C=O) groups excluding carboxylic acids is 2. The topological polar surface area (TPSA) is 65.2 Å². The molecule has 5 rings (SSSR count). The third-order valence-electron chi connectivity index (χ3n) is 6.42. The quantitative estimate of drug-likeness (QED) is 0.721. The molecular formula is C24H25N3O2. The van der Waals surface area contributed by atoms with Crippen LogP contribution >= 0.6 is 0 Å². The molecule has 0 saturated carbocycles. The number of nitrogens with one attached hydrogen (secondary N) is 2. The zero-order chi connectivity index (χ0) is 20.0. The van der Waals surface area contributed by atoms with Gasteiger partial charge < -0.3 is 15.2 Å². The summed E-state index contributed by atoms with van der Waals surface area (Å²) >= 11 is 0. The average Bonchev–Trinajstić information content (AvgIpc) is 3.25. The zero-order valence-corrected chi connectivity index (χ0v) is 16.5. The summed E-state index contributed by atoms with van der Waals surface area (Å²) in [6.45, 7) is 2.19. The van der Waals surface area contributed by atoms with E-state index >= 15 is 0 Å². The molecule has 5 heteroatoms. The van der Waals surface area contributed by atoms with Crippen molar-refractivity contribution < 1.29 is 9.59 Å². The first-order chi connectivity index (χ1) is 14.1. The number of fused-ring (bicyclic) bond motifs is 2. The number of aromatic amines is 1. The Hall–Kier alpha value is -3.08. The molecule has 2 aliphatic heterocycles. The van der Waals surface area contributed by atoms with Gasteiger partial charge in [-0.25, -0.2) is 0 Å². The third-order valence-corrected chi connectivity index (χ3v) is 6.42. The molecule has 0 bridgehead atoms. The molecule has 2 aromatic carbocycles. The Morgan fingerprint density at radius 2 is 1.79 bits per heavy atom. The number of nitrogens with zero attached hydrogens (tertiary/aromatic N) is 1. The summed E-state index contributed by atoms with van der Waals surface area (Å²) in [5.74, 6) is 0.326. The van der Waals surface area contributed by atoms with Crippen LogP contribution in [-0.4, -0.2) is 33.8 Å². The monoisotopic (exact) mass is 387 g/mol. The summed E-state index contributed by atoms with van der Waals surface area (Å²) in [6.07, 6.45) is 3.68. The lowest BCUT2D eigenvalue weighted by Crippen LogP contribution is -2.47. The molecule has 0 radical (unpaired) electrons. The first kappa shape index (κ1) is 18.0. The highest BCUT2D eigenvalue weighted by Crippen LogP contribution is 2.43. The van der Waals surface area contributed by atoms with Gasteiger partial charge in [0, 0.05) is 36.0 Å². The minimum atomic E-state index is -0.539. The second-order valence-electron chi connectivity index (χ2n) is 8.36. The van der Waals surface area contributed by atoms with E-state index in [1.807, 2.05) is 47.5 Å². The number of hydrogen-bond donors (Lipinski definition) is 2. The first-order valence-electron chi connectivity index (χ1n) is 10.3. The average molecular weight is 387 g/mol. The van der Waals surface area contributed by atoms with E-state index in [-0.39, 0.29) is 23.9 Å². The molecule has 2 aliphatic rings. The van der Waals surface area contributed by atoms with Gasteiger partial charge in [-0.15, -0.1) is 0 Å². The lowest BCUT2D eigenvalue weighted by molar-refractivity contribution is -0.136. The fourth-order valence-corrected chi connectivity index (χ4v) is 5.18. The van der Waals surface area contributed by atoms with E-state index in [2.05, 4.69) is 35.4 Å². The fourth-order valence-electron chi connectivity index (χ4n) is 5.18. The van der Waals surface area contributed by atoms with E-state index in [0.29, 0.717) is 18.8 Å². The number of hydrogen-bond acceptors (Lipinski definition) is 2. The summed E-state index contributed by atoms with van der Waals surface area (Å²) in [5.41, 5.74) is 3.25. The number of para-hydroxylation sites is 1. The maximum absolute atomic E-state index is 13.7. The van der Waals surface area contributed by atoms with Crippen LogP contribution in [0.4, 0.5) is 0 Å². The van der Waals surface area contributed by atoms with Crippen LogP contribution in [-0.2, 0) is 16.0 Å². The van der Waals surface area contributed by atoms with Crippen LogP contribution in [0.3, 0.4) is 0 Å². The van der Waals surface area contributed by atoms with Crippen LogP contribution in [0, 0.1) is 5.92 Å². The molecule has 2 fully saturated rings. The van der Waals surface area contributed by atoms with Crippen molar-refractivity contribution in [1.82, 2.24) is 15.2 Å². The van der Waals surface area contributed by atoms with E-state index in [0.717, 1.165) is 28.5 Å². The van der Waals surface area contributed by atoms with E-state index in [1.165, 1.54) is 0 Å². The lowest BCUT2D eigenvalue weighted by atomic mass is 9.94. The highest BCUT2D eigenvalue weighted by Gasteiger charge is 2.47. The zero-order valence-electron chi connectivity index (χ0n) is 16.5. The molecule has 2 amide bonds. The maximum Gasteiger partial charge on any atom is 0.246 e. The Morgan fingerprint density at radius 3 is 2.62 bits per heavy atom. The molecule has 2 saturated heterocycles. The van der Waals surface area contributed by atoms with Crippen molar-refractivity contribution in [2.75, 3.05) is 0 Å². The van der Waals surface area contributed by atoms with E-state index in [9.17, 15) is 9.59 Å². The van der Waals surface area contributed by atoms with E-state index in [4.69, 9.17) is 0 Å². The Kier molecular flexibility index (Phi) is 4.38. The number of carbonyl (C=O) groups is 2. The molecular weight excluding hydrogens is 362 g/mol. The molecule has 0 spiro atoms. The largest absolute Gasteiger partial charge is 0.361 e. The van der Waals surface area contributed by atoms with Gasteiger partial charge >= 0.3 is 0 Å². The smallest absolute Gasteiger partial charge is 0.246 e.